The van der Waals surface area contributed by atoms with Crippen molar-refractivity contribution in [2.75, 3.05) is 0 Å². The number of hydrogen-bond acceptors (Lipinski definition) is 0. The minimum atomic E-state index is -5.86. The van der Waals surface area contributed by atoms with E-state index in [4.69, 9.17) is 0 Å². The fraction of sp³-hybridized carbons (Fsp3) is 0.0370. The average molecular weight is 560 g/mol. The van der Waals surface area contributed by atoms with E-state index in [1.54, 1.807) is 0 Å². The van der Waals surface area contributed by atoms with Gasteiger partial charge in [0.1, 0.15) is 17.2 Å². The molecule has 0 spiro atoms. The van der Waals surface area contributed by atoms with Gasteiger partial charge in [-0.1, -0.05) is 24.3 Å². The Hall–Kier alpha value is -4.22. The van der Waals surface area contributed by atoms with Crippen molar-refractivity contribution in [3.8, 4) is 22.3 Å². The van der Waals surface area contributed by atoms with E-state index in [2.05, 4.69) is 0 Å². The predicted molar refractivity (Wildman–Crippen MR) is 117 cm³/mol. The highest BCUT2D eigenvalue weighted by Crippen LogP contribution is 2.48. The van der Waals surface area contributed by atoms with Gasteiger partial charge in [0.2, 0.25) is 0 Å². The Labute approximate surface area is 209 Å². The van der Waals surface area contributed by atoms with Gasteiger partial charge in [0, 0.05) is 21.9 Å². The van der Waals surface area contributed by atoms with E-state index in [9.17, 15) is 35.1 Å². The topological polar surface area (TPSA) is 0 Å². The minimum Gasteiger partial charge on any atom is -0.206 e. The molecule has 0 atom stereocenters. The van der Waals surface area contributed by atoms with Crippen LogP contribution in [-0.2, 0) is 6.18 Å². The van der Waals surface area contributed by atoms with E-state index in [0.717, 1.165) is 12.1 Å². The third-order valence-corrected chi connectivity index (χ3v) is 6.14. The van der Waals surface area contributed by atoms with E-state index >= 15 is 17.6 Å². The lowest BCUT2D eigenvalue weighted by Crippen LogP contribution is -2.16. The van der Waals surface area contributed by atoms with Crippen LogP contribution in [0, 0.1) is 52.4 Å². The lowest BCUT2D eigenvalue weighted by molar-refractivity contribution is -0.143. The van der Waals surface area contributed by atoms with Crippen molar-refractivity contribution in [3.63, 3.8) is 0 Å². The van der Waals surface area contributed by atoms with E-state index < -0.39 is 103 Å². The molecule has 5 rings (SSSR count). The molecule has 0 saturated carbocycles. The van der Waals surface area contributed by atoms with Crippen LogP contribution in [0.2, 0.25) is 0 Å². The van der Waals surface area contributed by atoms with Gasteiger partial charge in [-0.05, 0) is 40.6 Å². The summed E-state index contributed by atoms with van der Waals surface area (Å²) in [5.74, 6) is -18.9. The quantitative estimate of drug-likeness (QED) is 0.0873. The van der Waals surface area contributed by atoms with E-state index in [-0.39, 0.29) is 5.39 Å². The molecule has 5 aromatic rings. The van der Waals surface area contributed by atoms with Crippen molar-refractivity contribution < 1.29 is 52.7 Å². The molecule has 39 heavy (non-hydrogen) atoms. The fourth-order valence-corrected chi connectivity index (χ4v) is 4.59. The summed E-state index contributed by atoms with van der Waals surface area (Å²) >= 11 is 0. The Morgan fingerprint density at radius 2 is 0.872 bits per heavy atom. The first-order chi connectivity index (χ1) is 18.3. The molecule has 0 radical (unpaired) electrons. The first-order valence-electron chi connectivity index (χ1n) is 10.7. The van der Waals surface area contributed by atoms with E-state index in [1.807, 2.05) is 0 Å². The number of halogens is 12. The molecule has 0 heterocycles. The molecule has 0 unspecified atom stereocenters. The Morgan fingerprint density at radius 3 is 1.33 bits per heavy atom. The van der Waals surface area contributed by atoms with Gasteiger partial charge in [0.05, 0.1) is 5.56 Å². The molecule has 0 aliphatic carbocycles. The van der Waals surface area contributed by atoms with Crippen LogP contribution in [0.3, 0.4) is 0 Å². The van der Waals surface area contributed by atoms with Crippen molar-refractivity contribution in [2.45, 2.75) is 6.18 Å². The molecule has 0 fully saturated rings. The molecular formula is C27H8F12. The maximum Gasteiger partial charge on any atom is 0.422 e. The second-order valence-corrected chi connectivity index (χ2v) is 8.33. The molecule has 12 heteroatoms. The zero-order valence-corrected chi connectivity index (χ0v) is 18.7. The van der Waals surface area contributed by atoms with Gasteiger partial charge in [0.25, 0.3) is 0 Å². The lowest BCUT2D eigenvalue weighted by atomic mass is 9.84. The molecule has 0 amide bonds. The summed E-state index contributed by atoms with van der Waals surface area (Å²) in [6, 6.07) is 6.37. The molecule has 0 saturated heterocycles. The van der Waals surface area contributed by atoms with Crippen LogP contribution in [0.5, 0.6) is 0 Å². The van der Waals surface area contributed by atoms with Gasteiger partial charge in [-0.25, -0.2) is 39.5 Å². The van der Waals surface area contributed by atoms with Crippen molar-refractivity contribution in [2.24, 2.45) is 0 Å². The van der Waals surface area contributed by atoms with E-state index in [0.29, 0.717) is 24.3 Å². The summed E-state index contributed by atoms with van der Waals surface area (Å²) in [5, 5.41) is -2.81. The Bertz CT molecular complexity index is 1780. The Morgan fingerprint density at radius 1 is 0.436 bits per heavy atom. The van der Waals surface area contributed by atoms with Crippen LogP contribution in [0.15, 0.2) is 48.5 Å². The SMILES string of the molecule is Fc1cc(-c2c3ccccc3c(-c3c(F)c(F)c(C(F)(F)F)c(F)c3F)c3c(F)ccc(F)c23)cc(F)c1F. The monoisotopic (exact) mass is 560 g/mol. The summed E-state index contributed by atoms with van der Waals surface area (Å²) in [6.45, 7) is 0. The molecule has 0 bridgehead atoms. The van der Waals surface area contributed by atoms with Gasteiger partial charge in [-0.15, -0.1) is 0 Å². The van der Waals surface area contributed by atoms with Gasteiger partial charge in [-0.3, -0.25) is 0 Å². The molecule has 0 aromatic heterocycles. The van der Waals surface area contributed by atoms with Gasteiger partial charge < -0.3 is 0 Å². The van der Waals surface area contributed by atoms with Crippen LogP contribution < -0.4 is 0 Å². The van der Waals surface area contributed by atoms with E-state index in [1.165, 1.54) is 12.1 Å². The normalized spacial score (nSPS) is 12.1. The smallest absolute Gasteiger partial charge is 0.206 e. The van der Waals surface area contributed by atoms with Crippen LogP contribution in [0.1, 0.15) is 5.56 Å². The maximum absolute atomic E-state index is 15.3. The predicted octanol–water partition coefficient (Wildman–Crippen LogP) is 9.60. The molecule has 0 N–H and O–H groups in total. The minimum absolute atomic E-state index is 0.325. The van der Waals surface area contributed by atoms with Gasteiger partial charge >= 0.3 is 6.18 Å². The Balaban J connectivity index is 2.08. The number of alkyl halides is 3. The number of rotatable bonds is 2. The lowest BCUT2D eigenvalue weighted by Gasteiger charge is -2.20. The zero-order valence-electron chi connectivity index (χ0n) is 18.7. The summed E-state index contributed by atoms with van der Waals surface area (Å²) in [4.78, 5) is 0. The number of hydrogen-bond donors (Lipinski definition) is 0. The summed E-state index contributed by atoms with van der Waals surface area (Å²) in [6.07, 6.45) is -5.86. The highest BCUT2D eigenvalue weighted by Gasteiger charge is 2.43. The van der Waals surface area contributed by atoms with Crippen LogP contribution >= 0.6 is 0 Å². The zero-order chi connectivity index (χ0) is 28.5. The van der Waals surface area contributed by atoms with Crippen LogP contribution in [0.4, 0.5) is 52.7 Å². The molecule has 200 valence electrons. The van der Waals surface area contributed by atoms with Crippen molar-refractivity contribution in [1.29, 1.82) is 0 Å². The van der Waals surface area contributed by atoms with Crippen LogP contribution in [0.25, 0.3) is 43.8 Å². The molecule has 0 aliphatic rings. The third-order valence-electron chi connectivity index (χ3n) is 6.14. The third kappa shape index (κ3) is 3.88. The molecule has 0 aliphatic heterocycles. The van der Waals surface area contributed by atoms with Crippen LogP contribution in [-0.4, -0.2) is 0 Å². The first-order valence-corrected chi connectivity index (χ1v) is 10.7. The largest absolute Gasteiger partial charge is 0.422 e. The van der Waals surface area contributed by atoms with Gasteiger partial charge in [-0.2, -0.15) is 13.2 Å². The number of benzene rings is 5. The molecular weight excluding hydrogens is 552 g/mol. The Kier molecular flexibility index (Phi) is 6.04. The molecule has 0 nitrogen and oxygen atoms in total. The van der Waals surface area contributed by atoms with Gasteiger partial charge in [0.15, 0.2) is 40.7 Å². The second kappa shape index (κ2) is 8.92. The highest BCUT2D eigenvalue weighted by atomic mass is 19.4. The molecule has 5 aromatic carbocycles. The van der Waals surface area contributed by atoms with Crippen molar-refractivity contribution >= 4 is 21.5 Å². The fourth-order valence-electron chi connectivity index (χ4n) is 4.59. The maximum atomic E-state index is 15.3. The highest BCUT2D eigenvalue weighted by molar-refractivity contribution is 6.21. The van der Waals surface area contributed by atoms with Crippen molar-refractivity contribution in [3.05, 3.63) is 106 Å². The average Bonchev–Trinajstić information content (AvgIpc) is 2.87. The number of fused-ring (bicyclic) bond motifs is 2. The van der Waals surface area contributed by atoms with Crippen molar-refractivity contribution in [1.82, 2.24) is 0 Å². The first kappa shape index (κ1) is 26.4. The summed E-state index contributed by atoms with van der Waals surface area (Å²) in [5.41, 5.74) is -6.81. The standard InChI is InChI=1S/C27H8F12/c28-12-5-6-13(29)19-17(20-23(33)25(35)21(27(37,38)39)26(36)24(20)34)11-4-2-1-3-10(11)16(18(12)19)9-7-14(30)22(32)15(31)8-9/h1-8H. The second-order valence-electron chi connectivity index (χ2n) is 8.33. The summed E-state index contributed by atoms with van der Waals surface area (Å²) in [7, 11) is 0. The summed E-state index contributed by atoms with van der Waals surface area (Å²) < 4.78 is 171.